The van der Waals surface area contributed by atoms with Crippen LogP contribution in [-0.2, 0) is 12.8 Å². The molecule has 0 aromatic heterocycles. The fourth-order valence-corrected chi connectivity index (χ4v) is 2.10. The fourth-order valence-electron chi connectivity index (χ4n) is 2.10. The van der Waals surface area contributed by atoms with E-state index in [0.29, 0.717) is 0 Å². The Hall–Kier alpha value is -1.56. The highest BCUT2D eigenvalue weighted by molar-refractivity contribution is 5.30. The van der Waals surface area contributed by atoms with Crippen molar-refractivity contribution in [1.82, 2.24) is 0 Å². The van der Waals surface area contributed by atoms with E-state index >= 15 is 0 Å². The van der Waals surface area contributed by atoms with Gasteiger partial charge in [0.25, 0.3) is 0 Å². The molecule has 2 aromatic carbocycles. The Labute approximate surface area is 104 Å². The second-order valence-electron chi connectivity index (χ2n) is 4.76. The minimum absolute atomic E-state index is 1.17. The first kappa shape index (κ1) is 11.9. The van der Waals surface area contributed by atoms with Crippen LogP contribution in [0, 0.1) is 13.8 Å². The number of rotatable bonds is 4. The van der Waals surface area contributed by atoms with Gasteiger partial charge in [0.15, 0.2) is 0 Å². The van der Waals surface area contributed by atoms with Crippen LogP contribution in [-0.4, -0.2) is 0 Å². The van der Waals surface area contributed by atoms with Gasteiger partial charge in [-0.2, -0.15) is 0 Å². The van der Waals surface area contributed by atoms with Crippen molar-refractivity contribution in [3.63, 3.8) is 0 Å². The van der Waals surface area contributed by atoms with Crippen molar-refractivity contribution in [2.75, 3.05) is 0 Å². The van der Waals surface area contributed by atoms with Crippen molar-refractivity contribution in [2.24, 2.45) is 0 Å². The molecule has 0 saturated heterocycles. The largest absolute Gasteiger partial charge is 0.0622 e. The fraction of sp³-hybridized carbons (Fsp3) is 0.294. The van der Waals surface area contributed by atoms with Crippen LogP contribution >= 0.6 is 0 Å². The molecule has 0 saturated carbocycles. The summed E-state index contributed by atoms with van der Waals surface area (Å²) in [5, 5.41) is 0. The van der Waals surface area contributed by atoms with Gasteiger partial charge >= 0.3 is 0 Å². The molecule has 0 heterocycles. The van der Waals surface area contributed by atoms with Crippen molar-refractivity contribution in [3.8, 4) is 0 Å². The first-order valence-corrected chi connectivity index (χ1v) is 6.36. The van der Waals surface area contributed by atoms with Crippen LogP contribution in [0.15, 0.2) is 48.5 Å². The summed E-state index contributed by atoms with van der Waals surface area (Å²) < 4.78 is 0. The molecular weight excluding hydrogens is 204 g/mol. The third kappa shape index (κ3) is 3.45. The summed E-state index contributed by atoms with van der Waals surface area (Å²) in [5.74, 6) is 0. The number of hydrogen-bond donors (Lipinski definition) is 0. The molecule has 0 spiro atoms. The standard InChI is InChI=1S/C17H20/c1-14-11-12-17(13-15(14)2)10-6-9-16-7-4-3-5-8-16/h3-5,7-8,11-13H,6,9-10H2,1-2H3. The van der Waals surface area contributed by atoms with Crippen LogP contribution in [0.4, 0.5) is 0 Å². The van der Waals surface area contributed by atoms with Gasteiger partial charge in [0, 0.05) is 0 Å². The predicted octanol–water partition coefficient (Wildman–Crippen LogP) is 4.48. The maximum atomic E-state index is 2.32. The van der Waals surface area contributed by atoms with Crippen molar-refractivity contribution in [2.45, 2.75) is 33.1 Å². The van der Waals surface area contributed by atoms with Crippen molar-refractivity contribution < 1.29 is 0 Å². The lowest BCUT2D eigenvalue weighted by Crippen LogP contribution is -1.91. The van der Waals surface area contributed by atoms with Gasteiger partial charge in [-0.25, -0.2) is 0 Å². The van der Waals surface area contributed by atoms with Crippen molar-refractivity contribution in [1.29, 1.82) is 0 Å². The second kappa shape index (κ2) is 5.67. The molecule has 88 valence electrons. The van der Waals surface area contributed by atoms with E-state index in [1.165, 1.54) is 41.5 Å². The van der Waals surface area contributed by atoms with Gasteiger partial charge in [-0.1, -0.05) is 48.5 Å². The quantitative estimate of drug-likeness (QED) is 0.718. The molecule has 0 heteroatoms. The van der Waals surface area contributed by atoms with Crippen LogP contribution in [0.2, 0.25) is 0 Å². The molecule has 0 amide bonds. The van der Waals surface area contributed by atoms with E-state index in [4.69, 9.17) is 0 Å². The Morgan fingerprint density at radius 3 is 2.12 bits per heavy atom. The zero-order chi connectivity index (χ0) is 12.1. The Balaban J connectivity index is 1.88. The van der Waals surface area contributed by atoms with Crippen molar-refractivity contribution >= 4 is 0 Å². The summed E-state index contributed by atoms with van der Waals surface area (Å²) in [5.41, 5.74) is 5.69. The van der Waals surface area contributed by atoms with E-state index in [0.717, 1.165) is 0 Å². The first-order valence-electron chi connectivity index (χ1n) is 6.36. The monoisotopic (exact) mass is 224 g/mol. The molecule has 0 fully saturated rings. The smallest absolute Gasteiger partial charge is 0.0276 e. The van der Waals surface area contributed by atoms with Crippen LogP contribution < -0.4 is 0 Å². The number of aryl methyl sites for hydroxylation is 4. The summed E-state index contributed by atoms with van der Waals surface area (Å²) in [6, 6.07) is 17.5. The molecular formula is C17H20. The minimum atomic E-state index is 1.17. The topological polar surface area (TPSA) is 0 Å². The molecule has 0 bridgehead atoms. The van der Waals surface area contributed by atoms with Gasteiger partial charge in [-0.15, -0.1) is 0 Å². The van der Waals surface area contributed by atoms with E-state index in [1.807, 2.05) is 0 Å². The van der Waals surface area contributed by atoms with Gasteiger partial charge in [-0.05, 0) is 55.4 Å². The summed E-state index contributed by atoms with van der Waals surface area (Å²) in [4.78, 5) is 0. The van der Waals surface area contributed by atoms with Crippen LogP contribution in [0.1, 0.15) is 28.7 Å². The number of hydrogen-bond acceptors (Lipinski definition) is 0. The Morgan fingerprint density at radius 1 is 0.706 bits per heavy atom. The molecule has 0 unspecified atom stereocenters. The van der Waals surface area contributed by atoms with Crippen LogP contribution in [0.25, 0.3) is 0 Å². The zero-order valence-electron chi connectivity index (χ0n) is 10.7. The van der Waals surface area contributed by atoms with E-state index in [2.05, 4.69) is 62.4 Å². The lowest BCUT2D eigenvalue weighted by molar-refractivity contribution is 0.819. The summed E-state index contributed by atoms with van der Waals surface area (Å²) >= 11 is 0. The minimum Gasteiger partial charge on any atom is -0.0622 e. The molecule has 0 N–H and O–H groups in total. The lowest BCUT2D eigenvalue weighted by Gasteiger charge is -2.05. The second-order valence-corrected chi connectivity index (χ2v) is 4.76. The highest BCUT2D eigenvalue weighted by Gasteiger charge is 1.97. The molecule has 17 heavy (non-hydrogen) atoms. The first-order chi connectivity index (χ1) is 8.25. The third-order valence-electron chi connectivity index (χ3n) is 3.35. The average molecular weight is 224 g/mol. The third-order valence-corrected chi connectivity index (χ3v) is 3.35. The summed E-state index contributed by atoms with van der Waals surface area (Å²) in [7, 11) is 0. The van der Waals surface area contributed by atoms with Gasteiger partial charge in [0.2, 0.25) is 0 Å². The predicted molar refractivity (Wildman–Crippen MR) is 74.4 cm³/mol. The van der Waals surface area contributed by atoms with E-state index in [9.17, 15) is 0 Å². The van der Waals surface area contributed by atoms with Crippen LogP contribution in [0.5, 0.6) is 0 Å². The van der Waals surface area contributed by atoms with Gasteiger partial charge in [0.1, 0.15) is 0 Å². The molecule has 0 aliphatic rings. The van der Waals surface area contributed by atoms with Gasteiger partial charge in [-0.3, -0.25) is 0 Å². The Kier molecular flexibility index (Phi) is 3.98. The average Bonchev–Trinajstić information content (AvgIpc) is 2.35. The van der Waals surface area contributed by atoms with E-state index in [1.54, 1.807) is 0 Å². The molecule has 0 aliphatic heterocycles. The van der Waals surface area contributed by atoms with Gasteiger partial charge in [0.05, 0.1) is 0 Å². The molecule has 0 radical (unpaired) electrons. The Morgan fingerprint density at radius 2 is 1.41 bits per heavy atom. The molecule has 0 nitrogen and oxygen atoms in total. The molecule has 0 atom stereocenters. The normalized spacial score (nSPS) is 10.5. The highest BCUT2D eigenvalue weighted by Crippen LogP contribution is 2.13. The zero-order valence-corrected chi connectivity index (χ0v) is 10.7. The molecule has 2 rings (SSSR count). The maximum Gasteiger partial charge on any atom is -0.0276 e. The van der Waals surface area contributed by atoms with Crippen LogP contribution in [0.3, 0.4) is 0 Å². The summed E-state index contributed by atoms with van der Waals surface area (Å²) in [6.07, 6.45) is 3.58. The van der Waals surface area contributed by atoms with E-state index < -0.39 is 0 Å². The number of benzene rings is 2. The lowest BCUT2D eigenvalue weighted by atomic mass is 10.0. The SMILES string of the molecule is Cc1ccc(CCCc2ccccc2)cc1C. The highest BCUT2D eigenvalue weighted by atomic mass is 14.0. The molecule has 0 aliphatic carbocycles. The Bertz CT molecular complexity index is 469. The summed E-state index contributed by atoms with van der Waals surface area (Å²) in [6.45, 7) is 4.36. The maximum absolute atomic E-state index is 2.32. The molecule has 2 aromatic rings. The van der Waals surface area contributed by atoms with E-state index in [-0.39, 0.29) is 0 Å². The van der Waals surface area contributed by atoms with Crippen molar-refractivity contribution in [3.05, 3.63) is 70.8 Å². The van der Waals surface area contributed by atoms with Gasteiger partial charge < -0.3 is 0 Å².